The van der Waals surface area contributed by atoms with Gasteiger partial charge < -0.3 is 0 Å². The summed E-state index contributed by atoms with van der Waals surface area (Å²) in [6.07, 6.45) is 0. The van der Waals surface area contributed by atoms with Gasteiger partial charge in [-0.3, -0.25) is 0 Å². The van der Waals surface area contributed by atoms with Gasteiger partial charge in [0.05, 0.1) is 0 Å². The van der Waals surface area contributed by atoms with Crippen LogP contribution in [0.4, 0.5) is 0 Å². The van der Waals surface area contributed by atoms with Gasteiger partial charge in [-0.2, -0.15) is 0 Å². The Labute approximate surface area is 90.1 Å². The fraction of sp³-hybridized carbons (Fsp3) is 0.333. The molecule has 3 heteroatoms. The summed E-state index contributed by atoms with van der Waals surface area (Å²) in [5, 5.41) is 0. The van der Waals surface area contributed by atoms with Crippen LogP contribution < -0.4 is 3.61 Å². The van der Waals surface area contributed by atoms with Gasteiger partial charge in [-0.1, -0.05) is 0 Å². The minimum absolute atomic E-state index is 1.21. The van der Waals surface area contributed by atoms with Crippen LogP contribution in [-0.4, -0.2) is 13.8 Å². The van der Waals surface area contributed by atoms with Gasteiger partial charge in [0.1, 0.15) is 0 Å². The molecule has 0 aliphatic heterocycles. The predicted octanol–water partition coefficient (Wildman–Crippen LogP) is 3.45. The van der Waals surface area contributed by atoms with E-state index in [1.807, 2.05) is 0 Å². The van der Waals surface area contributed by atoms with Crippen LogP contribution in [0.5, 0.6) is 0 Å². The summed E-state index contributed by atoms with van der Waals surface area (Å²) >= 11 is 5.67. The number of halogens is 2. The third-order valence-corrected chi connectivity index (χ3v) is 17.7. The fourth-order valence-electron chi connectivity index (χ4n) is 0.904. The number of rotatable bonds is 2. The zero-order valence-electron chi connectivity index (χ0n) is 7.18. The minimum atomic E-state index is -1.97. The molecule has 1 aromatic rings. The molecule has 68 valence electrons. The van der Waals surface area contributed by atoms with Crippen molar-refractivity contribution in [3.63, 3.8) is 0 Å². The van der Waals surface area contributed by atoms with Gasteiger partial charge in [0, 0.05) is 0 Å². The normalized spacial score (nSPS) is 13.0. The second kappa shape index (κ2) is 4.46. The maximum atomic E-state index is 3.82. The van der Waals surface area contributed by atoms with E-state index < -0.39 is 13.8 Å². The van der Waals surface area contributed by atoms with Crippen LogP contribution in [0.2, 0.25) is 4.47 Å². The molecule has 12 heavy (non-hydrogen) atoms. The number of hydrogen-bond donors (Lipinski definition) is 0. The molecule has 0 nitrogen and oxygen atoms in total. The summed E-state index contributed by atoms with van der Waals surface area (Å²) in [4.78, 5) is 0. The third-order valence-electron chi connectivity index (χ3n) is 1.73. The van der Waals surface area contributed by atoms with E-state index >= 15 is 0 Å². The number of hydrogen-bond acceptors (Lipinski definition) is 0. The molecule has 0 radical (unpaired) electrons. The van der Waals surface area contributed by atoms with E-state index in [9.17, 15) is 0 Å². The molecule has 0 aromatic heterocycles. The molecule has 0 saturated heterocycles. The maximum absolute atomic E-state index is 3.82. The Morgan fingerprint density at radius 3 is 2.08 bits per heavy atom. The van der Waals surface area contributed by atoms with Crippen LogP contribution in [0.1, 0.15) is 12.5 Å². The predicted molar refractivity (Wildman–Crippen MR) is 64.9 cm³/mol. The first-order chi connectivity index (χ1) is 5.56. The van der Waals surface area contributed by atoms with Crippen molar-refractivity contribution in [2.75, 3.05) is 0 Å². The molecule has 0 fully saturated rings. The molecule has 0 bridgehead atoms. The summed E-state index contributed by atoms with van der Waals surface area (Å²) in [5.41, 5.74) is 1.33. The van der Waals surface area contributed by atoms with Gasteiger partial charge in [-0.15, -0.1) is 0 Å². The Morgan fingerprint density at radius 2 is 1.67 bits per heavy atom. The summed E-state index contributed by atoms with van der Waals surface area (Å²) in [5.74, 6) is 0. The quantitative estimate of drug-likeness (QED) is 0.659. The van der Waals surface area contributed by atoms with Crippen molar-refractivity contribution < 1.29 is 0 Å². The Hall–Kier alpha value is 0.970. The molecule has 0 spiro atoms. The number of benzene rings is 1. The van der Waals surface area contributed by atoms with Crippen LogP contribution >= 0.6 is 25.5 Å². The van der Waals surface area contributed by atoms with E-state index in [2.05, 4.69) is 63.6 Å². The molecule has 0 unspecified atom stereocenters. The van der Waals surface area contributed by atoms with Gasteiger partial charge in [0.25, 0.3) is 0 Å². The Morgan fingerprint density at radius 1 is 1.17 bits per heavy atom. The van der Waals surface area contributed by atoms with Crippen LogP contribution in [0.15, 0.2) is 24.3 Å². The van der Waals surface area contributed by atoms with Crippen molar-refractivity contribution in [1.82, 2.24) is 0 Å². The SMILES string of the molecule is CC[Te](Br)(Br)c1ccc(C)cc1. The summed E-state index contributed by atoms with van der Waals surface area (Å²) in [6.45, 7) is 4.34. The Bertz CT molecular complexity index is 254. The van der Waals surface area contributed by atoms with E-state index in [4.69, 9.17) is 0 Å². The van der Waals surface area contributed by atoms with E-state index in [0.717, 1.165) is 0 Å². The molecule has 0 atom stereocenters. The van der Waals surface area contributed by atoms with E-state index in [1.165, 1.54) is 13.6 Å². The van der Waals surface area contributed by atoms with Crippen molar-refractivity contribution in [3.05, 3.63) is 29.8 Å². The van der Waals surface area contributed by atoms with Crippen LogP contribution in [-0.2, 0) is 0 Å². The Balaban J connectivity index is 2.96. The fourth-order valence-corrected chi connectivity index (χ4v) is 6.28. The van der Waals surface area contributed by atoms with E-state index in [-0.39, 0.29) is 0 Å². The Kier molecular flexibility index (Phi) is 4.11. The van der Waals surface area contributed by atoms with E-state index in [1.54, 1.807) is 0 Å². The van der Waals surface area contributed by atoms with Crippen molar-refractivity contribution in [3.8, 4) is 0 Å². The molecule has 0 N–H and O–H groups in total. The molecule has 0 heterocycles. The van der Waals surface area contributed by atoms with Crippen molar-refractivity contribution in [2.24, 2.45) is 0 Å². The summed E-state index contributed by atoms with van der Waals surface area (Å²) in [7, 11) is 0. The van der Waals surface area contributed by atoms with Gasteiger partial charge in [0.15, 0.2) is 0 Å². The monoisotopic (exact) mass is 408 g/mol. The van der Waals surface area contributed by atoms with Crippen LogP contribution in [0.25, 0.3) is 0 Å². The molecule has 1 rings (SSSR count). The molecular formula is C9H12Br2Te. The van der Waals surface area contributed by atoms with Gasteiger partial charge in [-0.25, -0.2) is 0 Å². The zero-order valence-corrected chi connectivity index (χ0v) is 12.7. The molecule has 1 aromatic carbocycles. The van der Waals surface area contributed by atoms with Gasteiger partial charge in [0.2, 0.25) is 0 Å². The average Bonchev–Trinajstić information content (AvgIpc) is 2.05. The van der Waals surface area contributed by atoms with Crippen molar-refractivity contribution >= 4 is 42.9 Å². The van der Waals surface area contributed by atoms with Crippen LogP contribution in [0.3, 0.4) is 0 Å². The zero-order chi connectivity index (χ0) is 9.19. The van der Waals surface area contributed by atoms with Crippen LogP contribution in [0, 0.1) is 6.92 Å². The average molecular weight is 408 g/mol. The van der Waals surface area contributed by atoms with Crippen molar-refractivity contribution in [1.29, 1.82) is 0 Å². The van der Waals surface area contributed by atoms with E-state index in [0.29, 0.717) is 0 Å². The first kappa shape index (κ1) is 11.0. The molecule has 0 amide bonds. The standard InChI is InChI=1S/C9H12Br2Te/c1-3-12(10,11)9-6-4-8(2)5-7-9/h4-7H,3H2,1-2H3. The van der Waals surface area contributed by atoms with Gasteiger partial charge in [-0.05, 0) is 0 Å². The summed E-state index contributed by atoms with van der Waals surface area (Å²) < 4.78 is 2.68. The molecule has 0 aliphatic rings. The summed E-state index contributed by atoms with van der Waals surface area (Å²) in [6, 6.07) is 8.80. The molecule has 0 aliphatic carbocycles. The first-order valence-electron chi connectivity index (χ1n) is 3.83. The third kappa shape index (κ3) is 2.73. The first-order valence-corrected chi connectivity index (χ1v) is 17.1. The van der Waals surface area contributed by atoms with Gasteiger partial charge >= 0.3 is 91.0 Å². The molecular weight excluding hydrogens is 396 g/mol. The molecule has 0 saturated carbocycles. The van der Waals surface area contributed by atoms with Crippen molar-refractivity contribution in [2.45, 2.75) is 18.3 Å². The second-order valence-corrected chi connectivity index (χ2v) is 29.6. The number of aryl methyl sites for hydroxylation is 1. The topological polar surface area (TPSA) is 0 Å². The second-order valence-electron chi connectivity index (χ2n) is 2.68.